The number of aryl methyl sites for hydroxylation is 1. The minimum Gasteiger partial charge on any atom is -0.340 e. The Morgan fingerprint density at radius 1 is 0.867 bits per heavy atom. The summed E-state index contributed by atoms with van der Waals surface area (Å²) in [6.07, 6.45) is -7.06. The van der Waals surface area contributed by atoms with Crippen LogP contribution in [-0.4, -0.2) is 77.4 Å². The quantitative estimate of drug-likeness (QED) is 0.329. The van der Waals surface area contributed by atoms with Crippen molar-refractivity contribution in [1.29, 1.82) is 0 Å². The molecule has 3 fully saturated rings. The van der Waals surface area contributed by atoms with Gasteiger partial charge in [0.15, 0.2) is 0 Å². The number of amides is 3. The molecule has 0 bridgehead atoms. The highest BCUT2D eigenvalue weighted by Gasteiger charge is 2.41. The summed E-state index contributed by atoms with van der Waals surface area (Å²) in [7, 11) is 1.36. The first-order chi connectivity index (χ1) is 21.0. The van der Waals surface area contributed by atoms with Gasteiger partial charge in [0.05, 0.1) is 23.2 Å². The topological polar surface area (TPSA) is 47.1 Å². The van der Waals surface area contributed by atoms with Crippen molar-refractivity contribution >= 4 is 11.9 Å². The third-order valence-electron chi connectivity index (χ3n) is 9.46. The van der Waals surface area contributed by atoms with Crippen molar-refractivity contribution in [3.05, 3.63) is 70.0 Å². The van der Waals surface area contributed by atoms with Gasteiger partial charge in [-0.25, -0.2) is 9.18 Å². The van der Waals surface area contributed by atoms with Gasteiger partial charge in [0, 0.05) is 51.7 Å². The van der Waals surface area contributed by atoms with Crippen molar-refractivity contribution in [1.82, 2.24) is 19.6 Å². The zero-order valence-corrected chi connectivity index (χ0v) is 25.4. The molecule has 2 aliphatic heterocycles. The van der Waals surface area contributed by atoms with E-state index in [1.807, 2.05) is 4.90 Å². The summed E-state index contributed by atoms with van der Waals surface area (Å²) >= 11 is 0. The Morgan fingerprint density at radius 2 is 1.47 bits per heavy atom. The van der Waals surface area contributed by atoms with Crippen molar-refractivity contribution in [3.63, 3.8) is 0 Å². The van der Waals surface area contributed by atoms with Gasteiger partial charge in [-0.3, -0.25) is 9.69 Å². The van der Waals surface area contributed by atoms with E-state index >= 15 is 0 Å². The molecule has 5 rings (SSSR count). The van der Waals surface area contributed by atoms with Crippen molar-refractivity contribution < 1.29 is 40.3 Å². The monoisotopic (exact) mass is 642 g/mol. The summed E-state index contributed by atoms with van der Waals surface area (Å²) in [5, 5.41) is 0. The number of halogens is 7. The molecule has 2 aromatic carbocycles. The van der Waals surface area contributed by atoms with E-state index in [-0.39, 0.29) is 36.0 Å². The van der Waals surface area contributed by atoms with Crippen LogP contribution < -0.4 is 0 Å². The summed E-state index contributed by atoms with van der Waals surface area (Å²) in [6, 6.07) is 3.53. The molecule has 0 aromatic heterocycles. The van der Waals surface area contributed by atoms with E-state index in [0.717, 1.165) is 23.3 Å². The molecule has 45 heavy (non-hydrogen) atoms. The van der Waals surface area contributed by atoms with Crippen molar-refractivity contribution in [2.45, 2.75) is 70.0 Å². The Hall–Kier alpha value is -3.35. The van der Waals surface area contributed by atoms with E-state index < -0.39 is 47.4 Å². The normalized spacial score (nSPS) is 22.4. The number of nitrogens with zero attached hydrogens (tertiary/aromatic N) is 4. The second-order valence-corrected chi connectivity index (χ2v) is 12.4. The number of likely N-dealkylation sites (tertiary alicyclic amines) is 1. The Labute approximate surface area is 257 Å². The number of carbonyl (C=O) groups is 2. The SMILES string of the molecule is Cc1cc(F)ccc1[C@H]1C[C@H](N2CCN(C(=O)C3CC3)CC2)CCN1C(=O)N(C)[C@H](C)c1cc(C(F)(F)F)cc(C(F)(F)F)c1. The fourth-order valence-electron chi connectivity index (χ4n) is 6.52. The van der Waals surface area contributed by atoms with Crippen LogP contribution in [0.4, 0.5) is 35.5 Å². The Morgan fingerprint density at radius 3 is 2.00 bits per heavy atom. The molecule has 3 atom stereocenters. The number of piperidine rings is 1. The fourth-order valence-corrected chi connectivity index (χ4v) is 6.52. The van der Waals surface area contributed by atoms with Crippen LogP contribution in [0.2, 0.25) is 0 Å². The largest absolute Gasteiger partial charge is 0.416 e. The lowest BCUT2D eigenvalue weighted by molar-refractivity contribution is -0.143. The molecule has 1 saturated carbocycles. The van der Waals surface area contributed by atoms with Crippen LogP contribution >= 0.6 is 0 Å². The molecule has 0 N–H and O–H groups in total. The Balaban J connectivity index is 1.38. The van der Waals surface area contributed by atoms with E-state index in [0.29, 0.717) is 56.7 Å². The first kappa shape index (κ1) is 33.0. The maximum Gasteiger partial charge on any atom is 0.416 e. The van der Waals surface area contributed by atoms with Crippen LogP contribution in [0.25, 0.3) is 0 Å². The van der Waals surface area contributed by atoms with Gasteiger partial charge in [-0.2, -0.15) is 26.3 Å². The molecule has 13 heteroatoms. The second kappa shape index (κ2) is 12.4. The lowest BCUT2D eigenvalue weighted by atomic mass is 9.88. The lowest BCUT2D eigenvalue weighted by Crippen LogP contribution is -2.56. The molecule has 2 aromatic rings. The highest BCUT2D eigenvalue weighted by Crippen LogP contribution is 2.40. The predicted octanol–water partition coefficient (Wildman–Crippen LogP) is 7.04. The molecular formula is C32H37F7N4O2. The van der Waals surface area contributed by atoms with Gasteiger partial charge in [-0.1, -0.05) is 6.07 Å². The molecule has 6 nitrogen and oxygen atoms in total. The molecule has 2 heterocycles. The van der Waals surface area contributed by atoms with Gasteiger partial charge in [-0.15, -0.1) is 0 Å². The number of hydrogen-bond donors (Lipinski definition) is 0. The molecular weight excluding hydrogens is 605 g/mol. The average molecular weight is 643 g/mol. The molecule has 0 spiro atoms. The zero-order chi connectivity index (χ0) is 32.8. The fraction of sp³-hybridized carbons (Fsp3) is 0.562. The Bertz CT molecular complexity index is 1380. The van der Waals surface area contributed by atoms with Crippen molar-refractivity contribution in [3.8, 4) is 0 Å². The van der Waals surface area contributed by atoms with E-state index in [1.165, 1.54) is 26.1 Å². The minimum atomic E-state index is -5.01. The third-order valence-corrected chi connectivity index (χ3v) is 9.46. The number of carbonyl (C=O) groups excluding carboxylic acids is 2. The van der Waals surface area contributed by atoms with Gasteiger partial charge in [0.1, 0.15) is 5.82 Å². The third kappa shape index (κ3) is 7.23. The second-order valence-electron chi connectivity index (χ2n) is 12.4. The Kier molecular flexibility index (Phi) is 9.14. The predicted molar refractivity (Wildman–Crippen MR) is 153 cm³/mol. The van der Waals surface area contributed by atoms with Crippen molar-refractivity contribution in [2.75, 3.05) is 39.8 Å². The molecule has 246 valence electrons. The molecule has 0 unspecified atom stereocenters. The standard InChI is InChI=1S/C32H37F7N4O2/c1-19-14-25(33)6-7-27(19)28-18-26(41-10-12-42(13-11-41)29(44)21-4-5-21)8-9-43(28)30(45)40(3)20(2)22-15-23(31(34,35)36)17-24(16-22)32(37,38)39/h6-7,14-17,20-21,26,28H,4-5,8-13,18H2,1-3H3/t20-,26-,28-/m1/s1. The highest BCUT2D eigenvalue weighted by molar-refractivity contribution is 5.81. The van der Waals surface area contributed by atoms with Crippen LogP contribution in [0, 0.1) is 18.7 Å². The summed E-state index contributed by atoms with van der Waals surface area (Å²) in [5.41, 5.74) is -1.84. The van der Waals surface area contributed by atoms with E-state index in [1.54, 1.807) is 17.9 Å². The van der Waals surface area contributed by atoms with Gasteiger partial charge in [-0.05, 0) is 86.6 Å². The van der Waals surface area contributed by atoms with Crippen LogP contribution in [0.3, 0.4) is 0 Å². The molecule has 1 aliphatic carbocycles. The summed E-state index contributed by atoms with van der Waals surface area (Å²) in [6.45, 7) is 6.00. The number of urea groups is 1. The van der Waals surface area contributed by atoms with Gasteiger partial charge in [0.25, 0.3) is 0 Å². The minimum absolute atomic E-state index is 0.0576. The molecule has 0 radical (unpaired) electrons. The lowest BCUT2D eigenvalue weighted by Gasteiger charge is -2.47. The summed E-state index contributed by atoms with van der Waals surface area (Å²) in [5.74, 6) is -0.0872. The van der Waals surface area contributed by atoms with Gasteiger partial charge in [0.2, 0.25) is 5.91 Å². The number of rotatable bonds is 5. The zero-order valence-electron chi connectivity index (χ0n) is 25.4. The van der Waals surface area contributed by atoms with E-state index in [2.05, 4.69) is 4.90 Å². The van der Waals surface area contributed by atoms with E-state index in [4.69, 9.17) is 0 Å². The van der Waals surface area contributed by atoms with Crippen LogP contribution in [0.5, 0.6) is 0 Å². The van der Waals surface area contributed by atoms with Crippen LogP contribution in [0.15, 0.2) is 36.4 Å². The van der Waals surface area contributed by atoms with E-state index in [9.17, 15) is 40.3 Å². The molecule has 3 aliphatic rings. The average Bonchev–Trinajstić information content (AvgIpc) is 3.84. The number of hydrogen-bond acceptors (Lipinski definition) is 3. The molecule has 3 amide bonds. The molecule has 2 saturated heterocycles. The highest BCUT2D eigenvalue weighted by atomic mass is 19.4. The van der Waals surface area contributed by atoms with Crippen molar-refractivity contribution in [2.24, 2.45) is 5.92 Å². The first-order valence-electron chi connectivity index (χ1n) is 15.2. The number of alkyl halides is 6. The van der Waals surface area contributed by atoms with Gasteiger partial charge >= 0.3 is 18.4 Å². The summed E-state index contributed by atoms with van der Waals surface area (Å²) < 4.78 is 95.3. The number of benzene rings is 2. The van der Waals surface area contributed by atoms with Crippen LogP contribution in [-0.2, 0) is 17.1 Å². The smallest absolute Gasteiger partial charge is 0.340 e. The first-order valence-corrected chi connectivity index (χ1v) is 15.2. The van der Waals surface area contributed by atoms with Crippen LogP contribution in [0.1, 0.15) is 72.5 Å². The maximum absolute atomic E-state index is 14.1. The number of piperazine rings is 1. The summed E-state index contributed by atoms with van der Waals surface area (Å²) in [4.78, 5) is 33.5. The maximum atomic E-state index is 14.1. The van der Waals surface area contributed by atoms with Gasteiger partial charge < -0.3 is 14.7 Å².